The first-order chi connectivity index (χ1) is 18.4. The molecule has 2 N–H and O–H groups in total. The van der Waals surface area contributed by atoms with Gasteiger partial charge >= 0.3 is 0 Å². The zero-order chi connectivity index (χ0) is 26.9. The number of non-ortho nitro benzene ring substituents is 1. The van der Waals surface area contributed by atoms with Crippen molar-refractivity contribution in [1.29, 1.82) is 0 Å². The number of hydrogen-bond acceptors (Lipinski definition) is 7. The van der Waals surface area contributed by atoms with Gasteiger partial charge in [-0.3, -0.25) is 19.7 Å². The molecule has 2 amide bonds. The number of rotatable bonds is 10. The Morgan fingerprint density at radius 3 is 2.61 bits per heavy atom. The molecule has 0 saturated carbocycles. The Hall–Kier alpha value is -4.28. The molecule has 0 fully saturated rings. The number of amides is 2. The monoisotopic (exact) mass is 544 g/mol. The van der Waals surface area contributed by atoms with Crippen LogP contribution in [0.15, 0.2) is 95.2 Å². The molecule has 0 saturated heterocycles. The summed E-state index contributed by atoms with van der Waals surface area (Å²) in [7, 11) is 0. The van der Waals surface area contributed by atoms with E-state index in [0.29, 0.717) is 28.5 Å². The van der Waals surface area contributed by atoms with E-state index < -0.39 is 4.92 Å². The summed E-state index contributed by atoms with van der Waals surface area (Å²) in [5.41, 5.74) is 2.71. The van der Waals surface area contributed by atoms with E-state index >= 15 is 0 Å². The van der Waals surface area contributed by atoms with Gasteiger partial charge in [0.1, 0.15) is 0 Å². The van der Waals surface area contributed by atoms with Gasteiger partial charge in [0.05, 0.1) is 15.9 Å². The van der Waals surface area contributed by atoms with Crippen molar-refractivity contribution >= 4 is 57.5 Å². The fourth-order valence-electron chi connectivity index (χ4n) is 3.48. The first-order valence-electron chi connectivity index (χ1n) is 11.7. The fraction of sp³-hybridized carbons (Fsp3) is 0.107. The summed E-state index contributed by atoms with van der Waals surface area (Å²) in [6.45, 7) is 1.92. The van der Waals surface area contributed by atoms with Crippen LogP contribution >= 0.6 is 23.1 Å². The van der Waals surface area contributed by atoms with Crippen molar-refractivity contribution < 1.29 is 14.5 Å². The van der Waals surface area contributed by atoms with E-state index in [1.54, 1.807) is 29.7 Å². The first-order valence-corrected chi connectivity index (χ1v) is 13.5. The maximum Gasteiger partial charge on any atom is 0.270 e. The molecule has 0 bridgehead atoms. The minimum absolute atomic E-state index is 0.0193. The Bertz CT molecular complexity index is 1470. The summed E-state index contributed by atoms with van der Waals surface area (Å²) < 4.78 is 0. The number of benzene rings is 3. The predicted molar refractivity (Wildman–Crippen MR) is 153 cm³/mol. The molecule has 3 aromatic carbocycles. The molecule has 0 aliphatic rings. The van der Waals surface area contributed by atoms with Crippen LogP contribution in [0.4, 0.5) is 16.5 Å². The molecule has 0 aliphatic heterocycles. The highest BCUT2D eigenvalue weighted by Crippen LogP contribution is 2.31. The van der Waals surface area contributed by atoms with Gasteiger partial charge in [0.25, 0.3) is 5.69 Å². The van der Waals surface area contributed by atoms with E-state index in [2.05, 4.69) is 15.6 Å². The Morgan fingerprint density at radius 1 is 1.05 bits per heavy atom. The van der Waals surface area contributed by atoms with Crippen molar-refractivity contribution in [3.8, 4) is 11.3 Å². The third kappa shape index (κ3) is 7.37. The molecular weight excluding hydrogens is 520 g/mol. The highest BCUT2D eigenvalue weighted by molar-refractivity contribution is 8.00. The largest absolute Gasteiger partial charge is 0.322 e. The van der Waals surface area contributed by atoms with Crippen LogP contribution < -0.4 is 10.6 Å². The van der Waals surface area contributed by atoms with Crippen LogP contribution in [-0.4, -0.2) is 27.0 Å². The number of thiazole rings is 1. The van der Waals surface area contributed by atoms with Gasteiger partial charge in [-0.15, -0.1) is 23.1 Å². The summed E-state index contributed by atoms with van der Waals surface area (Å²) in [6, 6.07) is 23.1. The smallest absolute Gasteiger partial charge is 0.270 e. The van der Waals surface area contributed by atoms with Gasteiger partial charge in [-0.1, -0.05) is 55.5 Å². The van der Waals surface area contributed by atoms with Gasteiger partial charge in [-0.25, -0.2) is 4.98 Å². The van der Waals surface area contributed by atoms with Gasteiger partial charge in [0.2, 0.25) is 11.8 Å². The second-order valence-electron chi connectivity index (χ2n) is 8.11. The van der Waals surface area contributed by atoms with Crippen molar-refractivity contribution in [2.75, 3.05) is 10.6 Å². The molecule has 4 rings (SSSR count). The molecule has 8 nitrogen and oxygen atoms in total. The van der Waals surface area contributed by atoms with Crippen LogP contribution in [0.2, 0.25) is 0 Å². The SMILES string of the molecule is CCC(Sc1cccc(NC(=O)/C=C/c2ccccc2)c1)C(=O)Nc1nc(-c2cccc([N+](=O)[O-])c2)cs1. The standard InChI is InChI=1S/C28H24N4O4S2/c1-2-25(27(34)31-28-30-24(18-37-28)20-10-6-12-22(16-20)32(35)36)38-23-13-7-11-21(17-23)29-26(33)15-14-19-8-4-3-5-9-19/h3-18,25H,2H2,1H3,(H,29,33)(H,30,31,34)/b15-14+. The highest BCUT2D eigenvalue weighted by atomic mass is 32.2. The molecule has 10 heteroatoms. The minimum atomic E-state index is -0.455. The molecule has 0 spiro atoms. The molecule has 1 heterocycles. The van der Waals surface area contributed by atoms with Crippen LogP contribution in [-0.2, 0) is 9.59 Å². The third-order valence-corrected chi connectivity index (χ3v) is 7.47. The van der Waals surface area contributed by atoms with E-state index in [1.165, 1.54) is 41.3 Å². The summed E-state index contributed by atoms with van der Waals surface area (Å²) in [4.78, 5) is 41.2. The summed E-state index contributed by atoms with van der Waals surface area (Å²) in [5, 5.41) is 18.5. The average molecular weight is 545 g/mol. The molecule has 0 radical (unpaired) electrons. The maximum atomic E-state index is 13.0. The van der Waals surface area contributed by atoms with Crippen molar-refractivity contribution in [3.05, 3.63) is 106 Å². The molecule has 4 aromatic rings. The van der Waals surface area contributed by atoms with Crippen molar-refractivity contribution in [1.82, 2.24) is 4.98 Å². The Balaban J connectivity index is 1.37. The van der Waals surface area contributed by atoms with E-state index in [4.69, 9.17) is 0 Å². The molecular formula is C28H24N4O4S2. The number of nitro benzene ring substituents is 1. The van der Waals surface area contributed by atoms with Gasteiger partial charge in [-0.05, 0) is 36.3 Å². The molecule has 1 unspecified atom stereocenters. The number of nitrogens with zero attached hydrogens (tertiary/aromatic N) is 2. The van der Waals surface area contributed by atoms with E-state index in [1.807, 2.05) is 55.5 Å². The summed E-state index contributed by atoms with van der Waals surface area (Å²) in [5.74, 6) is -0.443. The summed E-state index contributed by atoms with van der Waals surface area (Å²) >= 11 is 2.65. The first kappa shape index (κ1) is 26.8. The number of anilines is 2. The lowest BCUT2D eigenvalue weighted by Gasteiger charge is -2.14. The molecule has 1 atom stereocenters. The quantitative estimate of drug-likeness (QED) is 0.0973. The van der Waals surface area contributed by atoms with Gasteiger partial charge < -0.3 is 10.6 Å². The Labute approximate surface area is 228 Å². The molecule has 192 valence electrons. The van der Waals surface area contributed by atoms with Crippen LogP contribution in [0.3, 0.4) is 0 Å². The van der Waals surface area contributed by atoms with Gasteiger partial charge in [0, 0.05) is 39.7 Å². The lowest BCUT2D eigenvalue weighted by molar-refractivity contribution is -0.384. The van der Waals surface area contributed by atoms with Crippen LogP contribution in [0.5, 0.6) is 0 Å². The minimum Gasteiger partial charge on any atom is -0.322 e. The molecule has 0 aliphatic carbocycles. The normalized spacial score (nSPS) is 11.7. The number of nitrogens with one attached hydrogen (secondary N) is 2. The van der Waals surface area contributed by atoms with Gasteiger partial charge in [0.15, 0.2) is 5.13 Å². The lowest BCUT2D eigenvalue weighted by Crippen LogP contribution is -2.24. The number of carbonyl (C=O) groups excluding carboxylic acids is 2. The topological polar surface area (TPSA) is 114 Å². The van der Waals surface area contributed by atoms with E-state index in [9.17, 15) is 19.7 Å². The molecule has 38 heavy (non-hydrogen) atoms. The van der Waals surface area contributed by atoms with Crippen molar-refractivity contribution in [2.24, 2.45) is 0 Å². The summed E-state index contributed by atoms with van der Waals surface area (Å²) in [6.07, 6.45) is 3.80. The second kappa shape index (κ2) is 12.8. The van der Waals surface area contributed by atoms with Crippen LogP contribution in [0.25, 0.3) is 17.3 Å². The van der Waals surface area contributed by atoms with Crippen molar-refractivity contribution in [3.63, 3.8) is 0 Å². The number of aromatic nitrogens is 1. The number of nitro groups is 1. The fourth-order valence-corrected chi connectivity index (χ4v) is 5.22. The molecule has 1 aromatic heterocycles. The third-order valence-electron chi connectivity index (χ3n) is 5.36. The Kier molecular flexibility index (Phi) is 9.02. The van der Waals surface area contributed by atoms with Crippen LogP contribution in [0.1, 0.15) is 18.9 Å². The average Bonchev–Trinajstić information content (AvgIpc) is 3.40. The number of carbonyl (C=O) groups is 2. The van der Waals surface area contributed by atoms with Crippen LogP contribution in [0, 0.1) is 10.1 Å². The van der Waals surface area contributed by atoms with Crippen molar-refractivity contribution in [2.45, 2.75) is 23.5 Å². The predicted octanol–water partition coefficient (Wildman–Crippen LogP) is 6.88. The lowest BCUT2D eigenvalue weighted by atomic mass is 10.1. The zero-order valence-corrected chi connectivity index (χ0v) is 22.0. The number of hydrogen-bond donors (Lipinski definition) is 2. The highest BCUT2D eigenvalue weighted by Gasteiger charge is 2.20. The number of thioether (sulfide) groups is 1. The van der Waals surface area contributed by atoms with Gasteiger partial charge in [-0.2, -0.15) is 0 Å². The zero-order valence-electron chi connectivity index (χ0n) is 20.4. The van der Waals surface area contributed by atoms with E-state index in [-0.39, 0.29) is 22.8 Å². The Morgan fingerprint density at radius 2 is 1.84 bits per heavy atom. The second-order valence-corrected chi connectivity index (χ2v) is 10.2. The maximum absolute atomic E-state index is 13.0. The van der Waals surface area contributed by atoms with E-state index in [0.717, 1.165) is 10.5 Å².